The van der Waals surface area contributed by atoms with Crippen LogP contribution in [-0.2, 0) is 0 Å². The predicted molar refractivity (Wildman–Crippen MR) is 46.2 cm³/mol. The molecule has 0 bridgehead atoms. The van der Waals surface area contributed by atoms with Gasteiger partial charge in [-0.15, -0.1) is 0 Å². The molecule has 7 heteroatoms. The van der Waals surface area contributed by atoms with Gasteiger partial charge in [0, 0.05) is 6.54 Å². The largest absolute Gasteiger partial charge is 0.394 e. The molecule has 0 saturated carbocycles. The van der Waals surface area contributed by atoms with Crippen molar-refractivity contribution in [3.8, 4) is 0 Å². The molecule has 0 aliphatic carbocycles. The second kappa shape index (κ2) is 6.25. The van der Waals surface area contributed by atoms with Gasteiger partial charge in [0.1, 0.15) is 24.4 Å². The predicted octanol–water partition coefficient (Wildman–Crippen LogP) is -4.26. The SMILES string of the molecule is NC[C@H](O)[C@@H](O)[C@H](O)[C@H](O)[C@H](O)CO. The van der Waals surface area contributed by atoms with Crippen molar-refractivity contribution in [3.63, 3.8) is 0 Å². The monoisotopic (exact) mass is 211 g/mol. The van der Waals surface area contributed by atoms with Gasteiger partial charge in [0.25, 0.3) is 0 Å². The van der Waals surface area contributed by atoms with Crippen LogP contribution in [-0.4, -0.2) is 74.3 Å². The van der Waals surface area contributed by atoms with E-state index >= 15 is 0 Å². The van der Waals surface area contributed by atoms with Crippen molar-refractivity contribution in [2.24, 2.45) is 5.73 Å². The maximum absolute atomic E-state index is 9.20. The zero-order valence-electron chi connectivity index (χ0n) is 7.56. The van der Waals surface area contributed by atoms with E-state index in [1.807, 2.05) is 0 Å². The Bertz CT molecular complexity index is 141. The molecule has 0 fully saturated rings. The first-order valence-corrected chi connectivity index (χ1v) is 4.17. The third kappa shape index (κ3) is 3.46. The molecule has 8 N–H and O–H groups in total. The molecule has 0 saturated heterocycles. The molecule has 0 aromatic heterocycles. The molecule has 0 heterocycles. The van der Waals surface area contributed by atoms with Crippen molar-refractivity contribution in [2.45, 2.75) is 30.5 Å². The van der Waals surface area contributed by atoms with Crippen molar-refractivity contribution in [1.29, 1.82) is 0 Å². The molecule has 0 aromatic rings. The Labute approximate surface area is 81.0 Å². The first-order chi connectivity index (χ1) is 6.45. The van der Waals surface area contributed by atoms with E-state index in [1.165, 1.54) is 0 Å². The van der Waals surface area contributed by atoms with Gasteiger partial charge < -0.3 is 36.4 Å². The smallest absolute Gasteiger partial charge is 0.111 e. The molecule has 0 rings (SSSR count). The maximum Gasteiger partial charge on any atom is 0.111 e. The standard InChI is InChI=1S/C7H17NO6/c8-1-3(10)5(12)7(14)6(13)4(11)2-9/h3-7,9-14H,1-2,8H2/t3-,4+,5+,6+,7-/m0/s1. The van der Waals surface area contributed by atoms with Crippen LogP contribution in [0.3, 0.4) is 0 Å². The topological polar surface area (TPSA) is 147 Å². The van der Waals surface area contributed by atoms with Gasteiger partial charge in [0.2, 0.25) is 0 Å². The molecule has 0 aromatic carbocycles. The Balaban J connectivity index is 4.22. The summed E-state index contributed by atoms with van der Waals surface area (Å²) in [7, 11) is 0. The number of aliphatic hydroxyl groups excluding tert-OH is 6. The number of hydrogen-bond acceptors (Lipinski definition) is 7. The molecular weight excluding hydrogens is 194 g/mol. The van der Waals surface area contributed by atoms with Gasteiger partial charge in [-0.05, 0) is 0 Å². The minimum absolute atomic E-state index is 0.292. The number of nitrogens with two attached hydrogens (primary N) is 1. The lowest BCUT2D eigenvalue weighted by molar-refractivity contribution is -0.138. The molecular formula is C7H17NO6. The number of hydrogen-bond donors (Lipinski definition) is 7. The third-order valence-corrected chi connectivity index (χ3v) is 1.92. The van der Waals surface area contributed by atoms with Gasteiger partial charge in [-0.25, -0.2) is 0 Å². The Hall–Kier alpha value is -0.280. The summed E-state index contributed by atoms with van der Waals surface area (Å²) in [4.78, 5) is 0. The van der Waals surface area contributed by atoms with Crippen LogP contribution in [0.15, 0.2) is 0 Å². The van der Waals surface area contributed by atoms with Crippen LogP contribution in [0.25, 0.3) is 0 Å². The summed E-state index contributed by atoms with van der Waals surface area (Å²) in [6.45, 7) is -1.05. The van der Waals surface area contributed by atoms with Crippen LogP contribution in [0.5, 0.6) is 0 Å². The van der Waals surface area contributed by atoms with Gasteiger partial charge in [0.05, 0.1) is 12.7 Å². The van der Waals surface area contributed by atoms with Crippen LogP contribution in [0.4, 0.5) is 0 Å². The molecule has 0 amide bonds. The summed E-state index contributed by atoms with van der Waals surface area (Å²) < 4.78 is 0. The van der Waals surface area contributed by atoms with Crippen molar-refractivity contribution in [2.75, 3.05) is 13.2 Å². The molecule has 7 nitrogen and oxygen atoms in total. The van der Waals surface area contributed by atoms with Crippen molar-refractivity contribution in [1.82, 2.24) is 0 Å². The minimum atomic E-state index is -1.77. The Kier molecular flexibility index (Phi) is 6.12. The lowest BCUT2D eigenvalue weighted by Gasteiger charge is -2.27. The highest BCUT2D eigenvalue weighted by Gasteiger charge is 2.33. The molecule has 0 aliphatic heterocycles. The minimum Gasteiger partial charge on any atom is -0.394 e. The number of aliphatic hydroxyl groups is 6. The fourth-order valence-electron chi connectivity index (χ4n) is 0.905. The van der Waals surface area contributed by atoms with Crippen molar-refractivity contribution < 1.29 is 30.6 Å². The third-order valence-electron chi connectivity index (χ3n) is 1.92. The van der Waals surface area contributed by atoms with Gasteiger partial charge in [0.15, 0.2) is 0 Å². The molecule has 0 radical (unpaired) electrons. The van der Waals surface area contributed by atoms with E-state index in [-0.39, 0.29) is 6.54 Å². The summed E-state index contributed by atoms with van der Waals surface area (Å²) in [5.41, 5.74) is 5.00. The van der Waals surface area contributed by atoms with Crippen LogP contribution < -0.4 is 5.73 Å². The normalized spacial score (nSPS) is 22.5. The first-order valence-electron chi connectivity index (χ1n) is 4.17. The van der Waals surface area contributed by atoms with Crippen LogP contribution >= 0.6 is 0 Å². The zero-order chi connectivity index (χ0) is 11.3. The second-order valence-electron chi connectivity index (χ2n) is 3.02. The summed E-state index contributed by atoms with van der Waals surface area (Å²) in [6, 6.07) is 0. The van der Waals surface area contributed by atoms with E-state index in [4.69, 9.17) is 31.3 Å². The van der Waals surface area contributed by atoms with Gasteiger partial charge >= 0.3 is 0 Å². The maximum atomic E-state index is 9.20. The van der Waals surface area contributed by atoms with Crippen LogP contribution in [0.2, 0.25) is 0 Å². The highest BCUT2D eigenvalue weighted by Crippen LogP contribution is 2.07. The van der Waals surface area contributed by atoms with E-state index in [2.05, 4.69) is 0 Å². The molecule has 0 unspecified atom stereocenters. The van der Waals surface area contributed by atoms with Crippen LogP contribution in [0, 0.1) is 0 Å². The van der Waals surface area contributed by atoms with Gasteiger partial charge in [-0.1, -0.05) is 0 Å². The molecule has 0 aliphatic rings. The zero-order valence-corrected chi connectivity index (χ0v) is 7.56. The average molecular weight is 211 g/mol. The highest BCUT2D eigenvalue weighted by molar-refractivity contribution is 4.84. The Morgan fingerprint density at radius 3 is 1.57 bits per heavy atom. The summed E-state index contributed by atoms with van der Waals surface area (Å²) >= 11 is 0. The lowest BCUT2D eigenvalue weighted by Crippen LogP contribution is -2.51. The fourth-order valence-corrected chi connectivity index (χ4v) is 0.905. The number of rotatable bonds is 6. The van der Waals surface area contributed by atoms with Crippen molar-refractivity contribution in [3.05, 3.63) is 0 Å². The van der Waals surface area contributed by atoms with Gasteiger partial charge in [-0.3, -0.25) is 0 Å². The molecule has 0 spiro atoms. The average Bonchev–Trinajstić information content (AvgIpc) is 2.23. The van der Waals surface area contributed by atoms with Crippen LogP contribution in [0.1, 0.15) is 0 Å². The second-order valence-corrected chi connectivity index (χ2v) is 3.02. The summed E-state index contributed by atoms with van der Waals surface area (Å²) in [6.07, 6.45) is -8.15. The molecule has 5 atom stereocenters. The fraction of sp³-hybridized carbons (Fsp3) is 1.00. The first kappa shape index (κ1) is 13.7. The quantitative estimate of drug-likeness (QED) is 0.235. The highest BCUT2D eigenvalue weighted by atomic mass is 16.4. The van der Waals surface area contributed by atoms with Gasteiger partial charge in [-0.2, -0.15) is 0 Å². The summed E-state index contributed by atoms with van der Waals surface area (Å²) in [5, 5.41) is 53.9. The Morgan fingerprint density at radius 1 is 0.786 bits per heavy atom. The van der Waals surface area contributed by atoms with Crippen molar-refractivity contribution >= 4 is 0 Å². The van der Waals surface area contributed by atoms with E-state index < -0.39 is 37.1 Å². The van der Waals surface area contributed by atoms with E-state index in [0.29, 0.717) is 0 Å². The van der Waals surface area contributed by atoms with E-state index in [1.54, 1.807) is 0 Å². The summed E-state index contributed by atoms with van der Waals surface area (Å²) in [5.74, 6) is 0. The lowest BCUT2D eigenvalue weighted by atomic mass is 9.99. The molecule has 86 valence electrons. The van der Waals surface area contributed by atoms with E-state index in [9.17, 15) is 5.11 Å². The molecule has 14 heavy (non-hydrogen) atoms. The van der Waals surface area contributed by atoms with E-state index in [0.717, 1.165) is 0 Å². The Morgan fingerprint density at radius 2 is 1.21 bits per heavy atom.